The smallest absolute Gasteiger partial charge is 0.191 e. The van der Waals surface area contributed by atoms with Crippen molar-refractivity contribution in [2.45, 2.75) is 19.5 Å². The zero-order chi connectivity index (χ0) is 20.5. The number of rotatable bonds is 8. The van der Waals surface area contributed by atoms with Crippen molar-refractivity contribution in [3.63, 3.8) is 0 Å². The number of nitrogens with one attached hydrogen (secondary N) is 2. The molecule has 1 unspecified atom stereocenters. The Labute approximate surface area is 172 Å². The highest BCUT2D eigenvalue weighted by Gasteiger charge is 2.23. The molecule has 0 radical (unpaired) electrons. The van der Waals surface area contributed by atoms with Gasteiger partial charge in [-0.15, -0.1) is 0 Å². The van der Waals surface area contributed by atoms with Gasteiger partial charge in [0.15, 0.2) is 5.96 Å². The molecule has 2 N–H and O–H groups in total. The molecule has 1 aliphatic heterocycles. The number of ether oxygens (including phenoxy) is 2. The lowest BCUT2D eigenvalue weighted by atomic mass is 10.0. The molecule has 3 rings (SSSR count). The van der Waals surface area contributed by atoms with Crippen molar-refractivity contribution in [3.05, 3.63) is 47.8 Å². The lowest BCUT2D eigenvalue weighted by Gasteiger charge is -2.35. The number of hydrogen-bond donors (Lipinski definition) is 2. The van der Waals surface area contributed by atoms with Gasteiger partial charge < -0.3 is 20.1 Å². The molecule has 1 aromatic carbocycles. The molecule has 2 heterocycles. The van der Waals surface area contributed by atoms with Crippen LogP contribution in [-0.4, -0.2) is 67.1 Å². The zero-order valence-corrected chi connectivity index (χ0v) is 17.6. The molecule has 1 aromatic heterocycles. The fourth-order valence-electron chi connectivity index (χ4n) is 3.43. The Morgan fingerprint density at radius 1 is 1.24 bits per heavy atom. The van der Waals surface area contributed by atoms with Gasteiger partial charge in [0.05, 0.1) is 39.1 Å². The minimum Gasteiger partial charge on any atom is -0.497 e. The Hall–Kier alpha value is -2.58. The Morgan fingerprint density at radius 2 is 2.00 bits per heavy atom. The standard InChI is InChI=1S/C21H32N6O2/c1-4-22-21(23-13-17-14-25-26(2)16-17)24-15-20(27-9-11-29-12-10-27)18-5-7-19(28-3)8-6-18/h5-8,14,16,20H,4,9-13,15H2,1-3H3,(H2,22,23,24). The van der Waals surface area contributed by atoms with Gasteiger partial charge in [0, 0.05) is 45.0 Å². The normalized spacial score (nSPS) is 16.4. The summed E-state index contributed by atoms with van der Waals surface area (Å²) in [4.78, 5) is 7.17. The summed E-state index contributed by atoms with van der Waals surface area (Å²) in [6.07, 6.45) is 3.84. The third kappa shape index (κ3) is 6.20. The van der Waals surface area contributed by atoms with Crippen LogP contribution in [0.15, 0.2) is 41.7 Å². The van der Waals surface area contributed by atoms with Gasteiger partial charge in [0.1, 0.15) is 5.75 Å². The number of aromatic nitrogens is 2. The minimum absolute atomic E-state index is 0.229. The second-order valence-electron chi connectivity index (χ2n) is 7.04. The van der Waals surface area contributed by atoms with E-state index in [1.54, 1.807) is 11.8 Å². The topological polar surface area (TPSA) is 75.9 Å². The lowest BCUT2D eigenvalue weighted by molar-refractivity contribution is 0.0170. The SMILES string of the molecule is CCNC(=NCc1cnn(C)c1)NCC(c1ccc(OC)cc1)N1CCOCC1. The highest BCUT2D eigenvalue weighted by Crippen LogP contribution is 2.23. The molecule has 2 aromatic rings. The van der Waals surface area contributed by atoms with Crippen molar-refractivity contribution in [1.29, 1.82) is 0 Å². The van der Waals surface area contributed by atoms with Gasteiger partial charge in [-0.3, -0.25) is 9.58 Å². The number of morpholine rings is 1. The first kappa shape index (κ1) is 21.1. The lowest BCUT2D eigenvalue weighted by Crippen LogP contribution is -2.46. The van der Waals surface area contributed by atoms with Crippen molar-refractivity contribution >= 4 is 5.96 Å². The maximum absolute atomic E-state index is 5.55. The Bertz CT molecular complexity index is 768. The fourth-order valence-corrected chi connectivity index (χ4v) is 3.43. The van der Waals surface area contributed by atoms with Crippen molar-refractivity contribution < 1.29 is 9.47 Å². The number of aliphatic imine (C=N–C) groups is 1. The van der Waals surface area contributed by atoms with E-state index in [0.29, 0.717) is 6.54 Å². The molecule has 0 saturated carbocycles. The highest BCUT2D eigenvalue weighted by atomic mass is 16.5. The van der Waals surface area contributed by atoms with Crippen LogP contribution in [0.2, 0.25) is 0 Å². The van der Waals surface area contributed by atoms with Crippen LogP contribution in [0, 0.1) is 0 Å². The van der Waals surface area contributed by atoms with Crippen molar-refractivity contribution in [2.75, 3.05) is 46.5 Å². The van der Waals surface area contributed by atoms with Crippen molar-refractivity contribution in [2.24, 2.45) is 12.0 Å². The number of guanidine groups is 1. The molecule has 0 aliphatic carbocycles. The molecule has 158 valence electrons. The third-order valence-corrected chi connectivity index (χ3v) is 4.97. The van der Waals surface area contributed by atoms with Crippen LogP contribution in [0.5, 0.6) is 5.75 Å². The number of aryl methyl sites for hydroxylation is 1. The molecule has 29 heavy (non-hydrogen) atoms. The molecule has 0 amide bonds. The van der Waals surface area contributed by atoms with Gasteiger partial charge in [-0.1, -0.05) is 12.1 Å². The van der Waals surface area contributed by atoms with E-state index < -0.39 is 0 Å². The summed E-state index contributed by atoms with van der Waals surface area (Å²) in [7, 11) is 3.61. The highest BCUT2D eigenvalue weighted by molar-refractivity contribution is 5.79. The second kappa shape index (κ2) is 10.8. The number of hydrogen-bond acceptors (Lipinski definition) is 5. The quantitative estimate of drug-likeness (QED) is 0.517. The van der Waals surface area contributed by atoms with E-state index in [0.717, 1.165) is 56.7 Å². The van der Waals surface area contributed by atoms with Crippen LogP contribution >= 0.6 is 0 Å². The van der Waals surface area contributed by atoms with Gasteiger partial charge in [0.2, 0.25) is 0 Å². The monoisotopic (exact) mass is 400 g/mol. The van der Waals surface area contributed by atoms with Gasteiger partial charge in [0.25, 0.3) is 0 Å². The van der Waals surface area contributed by atoms with E-state index in [9.17, 15) is 0 Å². The van der Waals surface area contributed by atoms with Crippen LogP contribution in [-0.2, 0) is 18.3 Å². The number of benzene rings is 1. The molecular weight excluding hydrogens is 368 g/mol. The Morgan fingerprint density at radius 3 is 2.62 bits per heavy atom. The minimum atomic E-state index is 0.229. The molecule has 8 nitrogen and oxygen atoms in total. The van der Waals surface area contributed by atoms with E-state index in [1.165, 1.54) is 5.56 Å². The van der Waals surface area contributed by atoms with Crippen LogP contribution < -0.4 is 15.4 Å². The number of nitrogens with zero attached hydrogens (tertiary/aromatic N) is 4. The summed E-state index contributed by atoms with van der Waals surface area (Å²) in [5.41, 5.74) is 2.34. The predicted molar refractivity (Wildman–Crippen MR) is 114 cm³/mol. The van der Waals surface area contributed by atoms with E-state index in [4.69, 9.17) is 14.5 Å². The summed E-state index contributed by atoms with van der Waals surface area (Å²) in [5, 5.41) is 11.1. The summed E-state index contributed by atoms with van der Waals surface area (Å²) in [6.45, 7) is 7.60. The molecule has 0 spiro atoms. The maximum atomic E-state index is 5.55. The van der Waals surface area contributed by atoms with Crippen molar-refractivity contribution in [3.8, 4) is 5.75 Å². The summed E-state index contributed by atoms with van der Waals surface area (Å²) in [6, 6.07) is 8.54. The van der Waals surface area contributed by atoms with Gasteiger partial charge in [-0.05, 0) is 24.6 Å². The maximum Gasteiger partial charge on any atom is 0.191 e. The van der Waals surface area contributed by atoms with Crippen LogP contribution in [0.3, 0.4) is 0 Å². The number of methoxy groups -OCH3 is 1. The van der Waals surface area contributed by atoms with E-state index >= 15 is 0 Å². The first-order valence-corrected chi connectivity index (χ1v) is 10.1. The third-order valence-electron chi connectivity index (χ3n) is 4.97. The van der Waals surface area contributed by atoms with Crippen LogP contribution in [0.1, 0.15) is 24.1 Å². The van der Waals surface area contributed by atoms with Crippen LogP contribution in [0.4, 0.5) is 0 Å². The Balaban J connectivity index is 1.70. The van der Waals surface area contributed by atoms with E-state index in [2.05, 4.69) is 39.7 Å². The molecule has 1 saturated heterocycles. The van der Waals surface area contributed by atoms with Crippen LogP contribution in [0.25, 0.3) is 0 Å². The zero-order valence-electron chi connectivity index (χ0n) is 17.6. The van der Waals surface area contributed by atoms with Gasteiger partial charge >= 0.3 is 0 Å². The largest absolute Gasteiger partial charge is 0.497 e. The fraction of sp³-hybridized carbons (Fsp3) is 0.524. The first-order valence-electron chi connectivity index (χ1n) is 10.1. The molecular formula is C21H32N6O2. The average Bonchev–Trinajstić information content (AvgIpc) is 3.18. The van der Waals surface area contributed by atoms with E-state index in [-0.39, 0.29) is 6.04 Å². The molecule has 1 aliphatic rings. The van der Waals surface area contributed by atoms with Crippen molar-refractivity contribution in [1.82, 2.24) is 25.3 Å². The Kier molecular flexibility index (Phi) is 7.89. The molecule has 8 heteroatoms. The average molecular weight is 401 g/mol. The first-order chi connectivity index (χ1) is 14.2. The van der Waals surface area contributed by atoms with E-state index in [1.807, 2.05) is 31.6 Å². The molecule has 1 atom stereocenters. The van der Waals surface area contributed by atoms with Gasteiger partial charge in [-0.25, -0.2) is 4.99 Å². The van der Waals surface area contributed by atoms with Gasteiger partial charge in [-0.2, -0.15) is 5.10 Å². The summed E-state index contributed by atoms with van der Waals surface area (Å²) >= 11 is 0. The predicted octanol–water partition coefficient (Wildman–Crippen LogP) is 1.56. The molecule has 1 fully saturated rings. The second-order valence-corrected chi connectivity index (χ2v) is 7.04. The summed E-state index contributed by atoms with van der Waals surface area (Å²) in [5.74, 6) is 1.68. The molecule has 0 bridgehead atoms. The summed E-state index contributed by atoms with van der Waals surface area (Å²) < 4.78 is 12.7.